The minimum Gasteiger partial charge on any atom is -0.390 e. The first kappa shape index (κ1) is 16.6. The predicted molar refractivity (Wildman–Crippen MR) is 93.7 cm³/mol. The summed E-state index contributed by atoms with van der Waals surface area (Å²) in [6.07, 6.45) is 3.23. The molecule has 5 heteroatoms. The van der Waals surface area contributed by atoms with Crippen molar-refractivity contribution in [3.8, 4) is 0 Å². The average Bonchev–Trinajstić information content (AvgIpc) is 2.91. The molecule has 0 amide bonds. The molecule has 23 heavy (non-hydrogen) atoms. The van der Waals surface area contributed by atoms with Gasteiger partial charge in [0.1, 0.15) is 6.10 Å². The molecule has 3 N–H and O–H groups in total. The Kier molecular flexibility index (Phi) is 5.09. The van der Waals surface area contributed by atoms with Crippen LogP contribution in [0.2, 0.25) is 0 Å². The number of nitrogens with one attached hydrogen (secondary N) is 1. The van der Waals surface area contributed by atoms with E-state index in [2.05, 4.69) is 4.98 Å². The predicted octanol–water partition coefficient (Wildman–Crippen LogP) is 3.11. The second kappa shape index (κ2) is 7.07. The summed E-state index contributed by atoms with van der Waals surface area (Å²) < 4.78 is 0. The first-order chi connectivity index (χ1) is 11.1. The quantitative estimate of drug-likeness (QED) is 0.786. The van der Waals surface area contributed by atoms with Crippen molar-refractivity contribution < 1.29 is 15.0 Å². The van der Waals surface area contributed by atoms with Crippen LogP contribution in [0.5, 0.6) is 0 Å². The summed E-state index contributed by atoms with van der Waals surface area (Å²) in [6, 6.07) is 5.86. The highest BCUT2D eigenvalue weighted by atomic mass is 32.2. The molecule has 2 unspecified atom stereocenters. The largest absolute Gasteiger partial charge is 0.390 e. The fraction of sp³-hybridized carbons (Fsp3) is 0.500. The van der Waals surface area contributed by atoms with Crippen molar-refractivity contribution in [2.75, 3.05) is 5.75 Å². The third kappa shape index (κ3) is 3.62. The number of benzene rings is 1. The fourth-order valence-electron chi connectivity index (χ4n) is 3.31. The molecule has 0 saturated heterocycles. The van der Waals surface area contributed by atoms with Gasteiger partial charge in [0, 0.05) is 29.3 Å². The summed E-state index contributed by atoms with van der Waals surface area (Å²) in [6.45, 7) is 1.51. The van der Waals surface area contributed by atoms with E-state index in [0.717, 1.165) is 23.9 Å². The van der Waals surface area contributed by atoms with Gasteiger partial charge in [-0.25, -0.2) is 0 Å². The van der Waals surface area contributed by atoms with E-state index in [9.17, 15) is 15.0 Å². The van der Waals surface area contributed by atoms with Gasteiger partial charge in [0.25, 0.3) is 0 Å². The third-order valence-corrected chi connectivity index (χ3v) is 5.39. The highest BCUT2D eigenvalue weighted by Gasteiger charge is 2.21. The lowest BCUT2D eigenvalue weighted by Crippen LogP contribution is -2.19. The van der Waals surface area contributed by atoms with Crippen molar-refractivity contribution in [2.45, 2.75) is 51.2 Å². The van der Waals surface area contributed by atoms with Gasteiger partial charge in [-0.05, 0) is 55.4 Å². The van der Waals surface area contributed by atoms with Gasteiger partial charge in [-0.3, -0.25) is 4.79 Å². The lowest BCUT2D eigenvalue weighted by atomic mass is 9.94. The third-order valence-electron chi connectivity index (χ3n) is 4.55. The molecule has 124 valence electrons. The smallest absolute Gasteiger partial charge is 0.185 e. The van der Waals surface area contributed by atoms with Crippen LogP contribution in [-0.4, -0.2) is 32.2 Å². The maximum atomic E-state index is 10.9. The zero-order valence-corrected chi connectivity index (χ0v) is 14.2. The van der Waals surface area contributed by atoms with E-state index in [4.69, 9.17) is 0 Å². The van der Waals surface area contributed by atoms with Gasteiger partial charge < -0.3 is 15.2 Å². The van der Waals surface area contributed by atoms with Crippen LogP contribution in [0, 0.1) is 0 Å². The second-order valence-electron chi connectivity index (χ2n) is 6.24. The van der Waals surface area contributed by atoms with Gasteiger partial charge in [0.2, 0.25) is 0 Å². The highest BCUT2D eigenvalue weighted by Crippen LogP contribution is 2.31. The molecule has 0 saturated carbocycles. The number of rotatable bonds is 5. The highest BCUT2D eigenvalue weighted by molar-refractivity contribution is 8.13. The molecule has 3 rings (SSSR count). The summed E-state index contributed by atoms with van der Waals surface area (Å²) in [5.41, 5.74) is 4.53. The number of carbonyl (C=O) groups is 1. The molecule has 2 aromatic rings. The Hall–Kier alpha value is -1.30. The van der Waals surface area contributed by atoms with Crippen LogP contribution >= 0.6 is 11.8 Å². The van der Waals surface area contributed by atoms with Gasteiger partial charge in [0.05, 0.1) is 6.10 Å². The molecule has 0 bridgehead atoms. The van der Waals surface area contributed by atoms with Gasteiger partial charge in [-0.15, -0.1) is 0 Å². The maximum Gasteiger partial charge on any atom is 0.185 e. The van der Waals surface area contributed by atoms with E-state index in [-0.39, 0.29) is 5.12 Å². The van der Waals surface area contributed by atoms with Crippen LogP contribution in [0.3, 0.4) is 0 Å². The number of aliphatic hydroxyl groups is 2. The van der Waals surface area contributed by atoms with E-state index in [1.165, 1.54) is 48.2 Å². The standard InChI is InChI=1S/C18H23NO3S/c1-11(20)23-9-8-17(21)18(22)12-6-7-16-14(10-12)13-4-2-3-5-15(13)19-16/h6-7,10,17-19,21-22H,2-5,8-9H2,1H3. The van der Waals surface area contributed by atoms with Crippen LogP contribution in [0.15, 0.2) is 18.2 Å². The first-order valence-electron chi connectivity index (χ1n) is 8.19. The number of carbonyl (C=O) groups excluding carboxylic acids is 1. The summed E-state index contributed by atoms with van der Waals surface area (Å²) in [7, 11) is 0. The summed E-state index contributed by atoms with van der Waals surface area (Å²) in [5.74, 6) is 0.523. The van der Waals surface area contributed by atoms with Crippen LogP contribution < -0.4 is 0 Å². The Morgan fingerprint density at radius 1 is 1.30 bits per heavy atom. The van der Waals surface area contributed by atoms with Crippen molar-refractivity contribution in [1.82, 2.24) is 4.98 Å². The molecule has 1 heterocycles. The molecule has 1 aromatic carbocycles. The number of hydrogen-bond donors (Lipinski definition) is 3. The average molecular weight is 333 g/mol. The molecule has 1 aliphatic carbocycles. The first-order valence-corrected chi connectivity index (χ1v) is 9.17. The maximum absolute atomic E-state index is 10.9. The Labute approximate surface area is 140 Å². The number of fused-ring (bicyclic) bond motifs is 3. The van der Waals surface area contributed by atoms with Crippen molar-refractivity contribution in [3.05, 3.63) is 35.0 Å². The minimum absolute atomic E-state index is 0.0343. The van der Waals surface area contributed by atoms with Crippen molar-refractivity contribution in [1.29, 1.82) is 0 Å². The van der Waals surface area contributed by atoms with Crippen LogP contribution in [-0.2, 0) is 17.6 Å². The Bertz CT molecular complexity index is 710. The summed E-state index contributed by atoms with van der Waals surface area (Å²) in [5, 5.41) is 21.8. The van der Waals surface area contributed by atoms with Gasteiger partial charge >= 0.3 is 0 Å². The van der Waals surface area contributed by atoms with E-state index < -0.39 is 12.2 Å². The molecule has 0 radical (unpaired) electrons. The molecular weight excluding hydrogens is 310 g/mol. The Morgan fingerprint density at radius 3 is 2.87 bits per heavy atom. The fourth-order valence-corrected chi connectivity index (χ4v) is 3.96. The zero-order valence-electron chi connectivity index (χ0n) is 13.3. The van der Waals surface area contributed by atoms with Crippen LogP contribution in [0.25, 0.3) is 10.9 Å². The minimum atomic E-state index is -0.916. The SMILES string of the molecule is CC(=O)SCCC(O)C(O)c1ccc2[nH]c3c(c2c1)CCCC3. The molecule has 0 aliphatic heterocycles. The van der Waals surface area contributed by atoms with Crippen molar-refractivity contribution in [2.24, 2.45) is 0 Å². The number of aliphatic hydroxyl groups excluding tert-OH is 2. The van der Waals surface area contributed by atoms with E-state index in [0.29, 0.717) is 12.2 Å². The summed E-state index contributed by atoms with van der Waals surface area (Å²) in [4.78, 5) is 14.4. The molecule has 1 aliphatic rings. The van der Waals surface area contributed by atoms with Crippen molar-refractivity contribution >= 4 is 27.8 Å². The van der Waals surface area contributed by atoms with Gasteiger partial charge in [-0.2, -0.15) is 0 Å². The normalized spacial score (nSPS) is 17.0. The summed E-state index contributed by atoms with van der Waals surface area (Å²) >= 11 is 1.18. The monoisotopic (exact) mass is 333 g/mol. The van der Waals surface area contributed by atoms with E-state index in [1.54, 1.807) is 0 Å². The molecular formula is C18H23NO3S. The molecule has 4 nitrogen and oxygen atoms in total. The van der Waals surface area contributed by atoms with E-state index in [1.807, 2.05) is 18.2 Å². The number of aromatic amines is 1. The number of H-pyrrole nitrogens is 1. The van der Waals surface area contributed by atoms with E-state index >= 15 is 0 Å². The van der Waals surface area contributed by atoms with Crippen LogP contribution in [0.1, 0.15) is 49.1 Å². The lowest BCUT2D eigenvalue weighted by Gasteiger charge is -2.18. The van der Waals surface area contributed by atoms with Crippen LogP contribution in [0.4, 0.5) is 0 Å². The second-order valence-corrected chi connectivity index (χ2v) is 7.51. The van der Waals surface area contributed by atoms with Gasteiger partial charge in [-0.1, -0.05) is 17.8 Å². The molecule has 1 aromatic heterocycles. The van der Waals surface area contributed by atoms with Crippen molar-refractivity contribution in [3.63, 3.8) is 0 Å². The molecule has 0 spiro atoms. The number of hydrogen-bond acceptors (Lipinski definition) is 4. The lowest BCUT2D eigenvalue weighted by molar-refractivity contribution is -0.109. The number of aryl methyl sites for hydroxylation is 2. The molecule has 0 fully saturated rings. The Morgan fingerprint density at radius 2 is 2.09 bits per heavy atom. The van der Waals surface area contributed by atoms with Gasteiger partial charge in [0.15, 0.2) is 5.12 Å². The number of thioether (sulfide) groups is 1. The Balaban J connectivity index is 1.77. The number of aromatic nitrogens is 1. The topological polar surface area (TPSA) is 73.3 Å². The zero-order chi connectivity index (χ0) is 16.4. The molecule has 2 atom stereocenters.